The molecule has 2 unspecified atom stereocenters. The van der Waals surface area contributed by atoms with E-state index in [9.17, 15) is 9.59 Å². The molecule has 3 aromatic rings. The van der Waals surface area contributed by atoms with Gasteiger partial charge in [-0.05, 0) is 68.0 Å². The van der Waals surface area contributed by atoms with Gasteiger partial charge in [-0.15, -0.1) is 5.10 Å². The molecule has 2 heterocycles. The highest BCUT2D eigenvalue weighted by Crippen LogP contribution is 2.31. The Labute approximate surface area is 235 Å². The predicted molar refractivity (Wildman–Crippen MR) is 149 cm³/mol. The van der Waals surface area contributed by atoms with Crippen molar-refractivity contribution in [1.29, 1.82) is 0 Å². The summed E-state index contributed by atoms with van der Waals surface area (Å²) in [7, 11) is 0. The van der Waals surface area contributed by atoms with Gasteiger partial charge in [-0.3, -0.25) is 9.59 Å². The quantitative estimate of drug-likeness (QED) is 0.348. The number of hydrogen-bond donors (Lipinski definition) is 1. The molecule has 1 aliphatic heterocycles. The van der Waals surface area contributed by atoms with Gasteiger partial charge in [-0.25, -0.2) is 4.68 Å². The molecular formula is C27H30BrCl2N5O2. The number of benzene rings is 2. The lowest BCUT2D eigenvalue weighted by Gasteiger charge is -2.36. The van der Waals surface area contributed by atoms with Crippen LogP contribution in [0, 0.1) is 6.92 Å². The van der Waals surface area contributed by atoms with E-state index in [-0.39, 0.29) is 24.4 Å². The molecule has 2 aromatic carbocycles. The number of primary amides is 1. The van der Waals surface area contributed by atoms with Crippen LogP contribution in [0.15, 0.2) is 47.1 Å². The Bertz CT molecular complexity index is 1300. The maximum atomic E-state index is 13.4. The fourth-order valence-corrected chi connectivity index (χ4v) is 5.69. The number of nitrogens with zero attached hydrogens (tertiary/aromatic N) is 4. The monoisotopic (exact) mass is 605 g/mol. The van der Waals surface area contributed by atoms with Crippen molar-refractivity contribution in [3.8, 4) is 0 Å². The molecular weight excluding hydrogens is 577 g/mol. The number of rotatable bonds is 8. The minimum Gasteiger partial charge on any atom is -0.369 e. The number of aryl methyl sites for hydroxylation is 1. The molecule has 3 atom stereocenters. The third-order valence-electron chi connectivity index (χ3n) is 7.07. The van der Waals surface area contributed by atoms with E-state index < -0.39 is 11.8 Å². The molecule has 0 spiro atoms. The van der Waals surface area contributed by atoms with Crippen molar-refractivity contribution in [2.75, 3.05) is 6.54 Å². The maximum Gasteiger partial charge on any atom is 0.225 e. The molecule has 0 saturated carbocycles. The van der Waals surface area contributed by atoms with E-state index in [0.29, 0.717) is 28.6 Å². The number of likely N-dealkylation sites (tertiary alicyclic amines) is 1. The molecule has 0 bridgehead atoms. The molecule has 196 valence electrons. The summed E-state index contributed by atoms with van der Waals surface area (Å²) >= 11 is 15.9. The summed E-state index contributed by atoms with van der Waals surface area (Å²) in [4.78, 5) is 27.6. The number of halogens is 3. The molecule has 1 aromatic heterocycles. The van der Waals surface area contributed by atoms with Crippen molar-refractivity contribution < 1.29 is 9.59 Å². The van der Waals surface area contributed by atoms with Crippen LogP contribution < -0.4 is 5.73 Å². The van der Waals surface area contributed by atoms with Gasteiger partial charge < -0.3 is 10.6 Å². The van der Waals surface area contributed by atoms with Crippen LogP contribution in [0.2, 0.25) is 10.0 Å². The second-order valence-corrected chi connectivity index (χ2v) is 11.3. The second kappa shape index (κ2) is 12.0. The molecule has 2 amide bonds. The van der Waals surface area contributed by atoms with Crippen LogP contribution in [0.3, 0.4) is 0 Å². The van der Waals surface area contributed by atoms with Gasteiger partial charge in [0.15, 0.2) is 0 Å². The van der Waals surface area contributed by atoms with E-state index in [0.717, 1.165) is 40.6 Å². The van der Waals surface area contributed by atoms with Gasteiger partial charge in [-0.2, -0.15) is 0 Å². The summed E-state index contributed by atoms with van der Waals surface area (Å²) in [5, 5.41) is 9.56. The maximum absolute atomic E-state index is 13.4. The summed E-state index contributed by atoms with van der Waals surface area (Å²) < 4.78 is 2.93. The van der Waals surface area contributed by atoms with Gasteiger partial charge in [-0.1, -0.05) is 62.5 Å². The number of hydrogen-bond acceptors (Lipinski definition) is 4. The van der Waals surface area contributed by atoms with Gasteiger partial charge >= 0.3 is 0 Å². The first-order valence-electron chi connectivity index (χ1n) is 12.3. The van der Waals surface area contributed by atoms with E-state index >= 15 is 0 Å². The third kappa shape index (κ3) is 6.54. The zero-order valence-electron chi connectivity index (χ0n) is 20.8. The van der Waals surface area contributed by atoms with Crippen LogP contribution >= 0.6 is 39.1 Å². The minimum atomic E-state index is -0.823. The standard InChI is InChI=1S/C27H30BrCl2N5O2/c1-16-11-18(6-9-24(16)28)17(2)35-15-20(32-33-35)13-21-5-3-4-10-34(21)26(36)14-23(27(31)37)22-8-7-19(29)12-25(22)30/h6-9,11-12,15,17,21,23H,3-5,10,13-14H2,1-2H3,(H2,31,37)/t17-,21?,23?/m0/s1. The molecule has 4 rings (SSSR count). The van der Waals surface area contributed by atoms with Crippen LogP contribution in [0.5, 0.6) is 0 Å². The lowest BCUT2D eigenvalue weighted by atomic mass is 9.92. The zero-order chi connectivity index (χ0) is 26.7. The summed E-state index contributed by atoms with van der Waals surface area (Å²) in [5.74, 6) is -1.53. The Kier molecular flexibility index (Phi) is 8.93. The summed E-state index contributed by atoms with van der Waals surface area (Å²) in [6.07, 6.45) is 5.32. The highest BCUT2D eigenvalue weighted by molar-refractivity contribution is 9.10. The molecule has 0 aliphatic carbocycles. The van der Waals surface area contributed by atoms with Crippen molar-refractivity contribution in [2.45, 2.75) is 64.0 Å². The van der Waals surface area contributed by atoms with Crippen LogP contribution in [0.4, 0.5) is 0 Å². The van der Waals surface area contributed by atoms with Crippen molar-refractivity contribution in [3.05, 3.63) is 79.5 Å². The molecule has 7 nitrogen and oxygen atoms in total. The van der Waals surface area contributed by atoms with E-state index in [1.54, 1.807) is 18.2 Å². The lowest BCUT2D eigenvalue weighted by Crippen LogP contribution is -2.46. The number of carbonyl (C=O) groups is 2. The van der Waals surface area contributed by atoms with Gasteiger partial charge in [0, 0.05) is 46.1 Å². The number of carbonyl (C=O) groups excluding carboxylic acids is 2. The van der Waals surface area contributed by atoms with Crippen LogP contribution in [0.1, 0.15) is 67.0 Å². The first kappa shape index (κ1) is 27.6. The largest absolute Gasteiger partial charge is 0.369 e. The molecule has 37 heavy (non-hydrogen) atoms. The van der Waals surface area contributed by atoms with E-state index in [1.165, 1.54) is 0 Å². The van der Waals surface area contributed by atoms with Crippen molar-refractivity contribution in [1.82, 2.24) is 19.9 Å². The number of nitrogens with two attached hydrogens (primary N) is 1. The summed E-state index contributed by atoms with van der Waals surface area (Å²) in [6, 6.07) is 11.1. The average Bonchev–Trinajstić information content (AvgIpc) is 3.32. The highest BCUT2D eigenvalue weighted by atomic mass is 79.9. The summed E-state index contributed by atoms with van der Waals surface area (Å²) in [5.41, 5.74) is 9.33. The number of aromatic nitrogens is 3. The highest BCUT2D eigenvalue weighted by Gasteiger charge is 2.32. The Morgan fingerprint density at radius 3 is 2.68 bits per heavy atom. The smallest absolute Gasteiger partial charge is 0.225 e. The Morgan fingerprint density at radius 1 is 1.19 bits per heavy atom. The average molecular weight is 607 g/mol. The number of piperidine rings is 1. The van der Waals surface area contributed by atoms with Crippen molar-refractivity contribution >= 4 is 50.9 Å². The molecule has 10 heteroatoms. The zero-order valence-corrected chi connectivity index (χ0v) is 23.9. The third-order valence-corrected chi connectivity index (χ3v) is 8.52. The Morgan fingerprint density at radius 2 is 1.97 bits per heavy atom. The SMILES string of the molecule is Cc1cc([C@H](C)n2cc(CC3CCCCN3C(=O)CC(C(N)=O)c3ccc(Cl)cc3Cl)nn2)ccc1Br. The van der Waals surface area contributed by atoms with Gasteiger partial charge in [0.25, 0.3) is 0 Å². The minimum absolute atomic E-state index is 0.0224. The molecule has 0 radical (unpaired) electrons. The van der Waals surface area contributed by atoms with Crippen LogP contribution in [0.25, 0.3) is 0 Å². The van der Waals surface area contributed by atoms with Crippen molar-refractivity contribution in [2.24, 2.45) is 5.73 Å². The van der Waals surface area contributed by atoms with Gasteiger partial charge in [0.1, 0.15) is 0 Å². The van der Waals surface area contributed by atoms with E-state index in [2.05, 4.69) is 52.2 Å². The van der Waals surface area contributed by atoms with Crippen molar-refractivity contribution in [3.63, 3.8) is 0 Å². The fraction of sp³-hybridized carbons (Fsp3) is 0.407. The topological polar surface area (TPSA) is 94.1 Å². The predicted octanol–water partition coefficient (Wildman–Crippen LogP) is 5.85. The van der Waals surface area contributed by atoms with Gasteiger partial charge in [0.05, 0.1) is 17.7 Å². The Balaban J connectivity index is 1.47. The molecule has 1 aliphatic rings. The second-order valence-electron chi connectivity index (χ2n) is 9.64. The Hall–Kier alpha value is -2.42. The normalized spacial score (nSPS) is 17.4. The summed E-state index contributed by atoms with van der Waals surface area (Å²) in [6.45, 7) is 4.78. The van der Waals surface area contributed by atoms with Crippen LogP contribution in [-0.4, -0.2) is 44.3 Å². The van der Waals surface area contributed by atoms with E-state index in [4.69, 9.17) is 28.9 Å². The van der Waals surface area contributed by atoms with Gasteiger partial charge in [0.2, 0.25) is 11.8 Å². The lowest BCUT2D eigenvalue weighted by molar-refractivity contribution is -0.137. The van der Waals surface area contributed by atoms with E-state index in [1.807, 2.05) is 21.8 Å². The molecule has 1 saturated heterocycles. The first-order valence-corrected chi connectivity index (χ1v) is 13.9. The fourth-order valence-electron chi connectivity index (χ4n) is 4.90. The molecule has 2 N–H and O–H groups in total. The first-order chi connectivity index (χ1) is 17.6. The number of amides is 2. The molecule has 1 fully saturated rings. The van der Waals surface area contributed by atoms with Crippen LogP contribution in [-0.2, 0) is 16.0 Å².